The van der Waals surface area contributed by atoms with E-state index in [0.29, 0.717) is 25.3 Å². The lowest BCUT2D eigenvalue weighted by atomic mass is 10.0. The molecule has 0 bridgehead atoms. The highest BCUT2D eigenvalue weighted by atomic mass is 32.2. The Morgan fingerprint density at radius 2 is 2.16 bits per heavy atom. The van der Waals surface area contributed by atoms with E-state index in [-0.39, 0.29) is 35.7 Å². The molecule has 0 amide bonds. The van der Waals surface area contributed by atoms with Crippen molar-refractivity contribution in [2.24, 2.45) is 0 Å². The maximum Gasteiger partial charge on any atom is 0.239 e. The molecule has 2 saturated heterocycles. The summed E-state index contributed by atoms with van der Waals surface area (Å²) in [7, 11) is -2.98. The summed E-state index contributed by atoms with van der Waals surface area (Å²) in [5, 5.41) is 3.82. The van der Waals surface area contributed by atoms with Gasteiger partial charge in [0.2, 0.25) is 5.89 Å². The lowest BCUT2D eigenvalue weighted by Gasteiger charge is -2.17. The molecule has 104 valence electrons. The molecule has 3 rings (SSSR count). The van der Waals surface area contributed by atoms with Gasteiger partial charge in [-0.1, -0.05) is 5.16 Å². The average molecular weight is 286 g/mol. The Balaban J connectivity index is 1.78. The van der Waals surface area contributed by atoms with Crippen LogP contribution in [0.25, 0.3) is 0 Å². The van der Waals surface area contributed by atoms with Crippen molar-refractivity contribution in [2.75, 3.05) is 24.7 Å². The molecule has 1 aromatic rings. The van der Waals surface area contributed by atoms with Crippen molar-refractivity contribution in [3.8, 4) is 0 Å². The Labute approximate surface area is 110 Å². The maximum absolute atomic E-state index is 11.7. The fraction of sp³-hybridized carbons (Fsp3) is 0.727. The van der Waals surface area contributed by atoms with Gasteiger partial charge in [-0.2, -0.15) is 4.98 Å². The molecule has 0 aliphatic carbocycles. The summed E-state index contributed by atoms with van der Waals surface area (Å²) in [5.41, 5.74) is 0. The van der Waals surface area contributed by atoms with Gasteiger partial charge in [0.05, 0.1) is 24.7 Å². The Morgan fingerprint density at radius 1 is 1.32 bits per heavy atom. The molecule has 2 atom stereocenters. The molecule has 0 radical (unpaired) electrons. The molecule has 8 heteroatoms. The average Bonchev–Trinajstić information content (AvgIpc) is 2.96. The van der Waals surface area contributed by atoms with E-state index in [2.05, 4.69) is 10.1 Å². The van der Waals surface area contributed by atoms with E-state index in [4.69, 9.17) is 9.26 Å². The number of rotatable bonds is 2. The van der Waals surface area contributed by atoms with Crippen molar-refractivity contribution < 1.29 is 22.5 Å². The number of aromatic nitrogens is 2. The zero-order valence-corrected chi connectivity index (χ0v) is 11.1. The molecule has 7 nitrogen and oxygen atoms in total. The zero-order chi connectivity index (χ0) is 13.5. The number of carbonyl (C=O) groups excluding carboxylic acids is 1. The van der Waals surface area contributed by atoms with Crippen molar-refractivity contribution in [3.05, 3.63) is 11.7 Å². The second-order valence-corrected chi connectivity index (χ2v) is 7.16. The molecule has 2 fully saturated rings. The van der Waals surface area contributed by atoms with Gasteiger partial charge < -0.3 is 9.26 Å². The molecule has 0 N–H and O–H groups in total. The van der Waals surface area contributed by atoms with E-state index in [0.717, 1.165) is 0 Å². The van der Waals surface area contributed by atoms with E-state index in [1.54, 1.807) is 0 Å². The van der Waals surface area contributed by atoms with Crippen LogP contribution in [0.4, 0.5) is 0 Å². The van der Waals surface area contributed by atoms with Crippen LogP contribution in [0.2, 0.25) is 0 Å². The number of ether oxygens (including phenoxy) is 1. The van der Waals surface area contributed by atoms with Crippen LogP contribution < -0.4 is 0 Å². The smallest absolute Gasteiger partial charge is 0.239 e. The topological polar surface area (TPSA) is 99.4 Å². The van der Waals surface area contributed by atoms with Crippen molar-refractivity contribution in [1.29, 1.82) is 0 Å². The first-order valence-corrected chi connectivity index (χ1v) is 8.02. The third kappa shape index (κ3) is 2.55. The van der Waals surface area contributed by atoms with E-state index >= 15 is 0 Å². The first-order chi connectivity index (χ1) is 9.05. The van der Waals surface area contributed by atoms with Crippen LogP contribution in [0.3, 0.4) is 0 Å². The number of hydrogen-bond donors (Lipinski definition) is 0. The molecule has 1 aromatic heterocycles. The molecule has 0 spiro atoms. The van der Waals surface area contributed by atoms with E-state index in [1.165, 1.54) is 0 Å². The third-order valence-electron chi connectivity index (χ3n) is 3.52. The Morgan fingerprint density at radius 3 is 2.84 bits per heavy atom. The molecule has 0 saturated carbocycles. The van der Waals surface area contributed by atoms with Gasteiger partial charge in [-0.25, -0.2) is 8.42 Å². The largest absolute Gasteiger partial charge is 0.380 e. The lowest BCUT2D eigenvalue weighted by molar-refractivity contribution is -0.127. The number of nitrogens with zero attached hydrogens (tertiary/aromatic N) is 2. The van der Waals surface area contributed by atoms with Crippen LogP contribution in [0.15, 0.2) is 4.52 Å². The number of sulfone groups is 1. The Hall–Kier alpha value is -1.28. The minimum atomic E-state index is -2.98. The van der Waals surface area contributed by atoms with Crippen LogP contribution in [0.1, 0.15) is 36.4 Å². The predicted molar refractivity (Wildman–Crippen MR) is 63.5 cm³/mol. The summed E-state index contributed by atoms with van der Waals surface area (Å²) in [6.45, 7) is 0.681. The summed E-state index contributed by atoms with van der Waals surface area (Å²) < 4.78 is 33.2. The number of hydrogen-bond acceptors (Lipinski definition) is 7. The highest BCUT2D eigenvalue weighted by molar-refractivity contribution is 7.91. The molecule has 2 aliphatic rings. The molecular formula is C11H14N2O5S. The Bertz CT molecular complexity index is 594. The summed E-state index contributed by atoms with van der Waals surface area (Å²) in [5.74, 6) is 0.141. The van der Waals surface area contributed by atoms with Crippen molar-refractivity contribution in [2.45, 2.75) is 24.7 Å². The zero-order valence-electron chi connectivity index (χ0n) is 10.2. The summed E-state index contributed by atoms with van der Waals surface area (Å²) >= 11 is 0. The molecular weight excluding hydrogens is 272 g/mol. The van der Waals surface area contributed by atoms with E-state index in [9.17, 15) is 13.2 Å². The van der Waals surface area contributed by atoms with Crippen molar-refractivity contribution in [3.63, 3.8) is 0 Å². The fourth-order valence-corrected chi connectivity index (χ4v) is 4.14. The molecule has 2 aliphatic heterocycles. The monoisotopic (exact) mass is 286 g/mol. The second kappa shape index (κ2) is 4.68. The quantitative estimate of drug-likeness (QED) is 0.757. The van der Waals surface area contributed by atoms with Crippen LogP contribution in [0.5, 0.6) is 0 Å². The maximum atomic E-state index is 11.7. The first kappa shape index (κ1) is 12.7. The van der Waals surface area contributed by atoms with Gasteiger partial charge in [0.25, 0.3) is 0 Å². The normalized spacial score (nSPS) is 30.6. The predicted octanol–water partition coefficient (Wildman–Crippen LogP) is 0.0447. The van der Waals surface area contributed by atoms with E-state index in [1.807, 2.05) is 0 Å². The lowest BCUT2D eigenvalue weighted by Crippen LogP contribution is -2.25. The SMILES string of the molecule is O=C1CCOCC1c1nc(C2CCS(=O)(=O)C2)no1. The third-order valence-corrected chi connectivity index (χ3v) is 5.29. The second-order valence-electron chi connectivity index (χ2n) is 4.93. The summed E-state index contributed by atoms with van der Waals surface area (Å²) in [6, 6.07) is 0. The standard InChI is InChI=1S/C11H14N2O5S/c14-9-1-3-17-5-8(9)11-12-10(13-18-11)7-2-4-19(15,16)6-7/h7-8H,1-6H2. The van der Waals surface area contributed by atoms with Crippen LogP contribution in [-0.4, -0.2) is 49.1 Å². The molecule has 19 heavy (non-hydrogen) atoms. The Kier molecular flexibility index (Phi) is 3.14. The summed E-state index contributed by atoms with van der Waals surface area (Å²) in [6.07, 6.45) is 0.858. The van der Waals surface area contributed by atoms with Crippen molar-refractivity contribution >= 4 is 15.6 Å². The summed E-state index contributed by atoms with van der Waals surface area (Å²) in [4.78, 5) is 15.9. The van der Waals surface area contributed by atoms with Gasteiger partial charge in [-0.3, -0.25) is 4.79 Å². The van der Waals surface area contributed by atoms with Gasteiger partial charge in [0.15, 0.2) is 15.7 Å². The molecule has 3 heterocycles. The van der Waals surface area contributed by atoms with Crippen LogP contribution in [0, 0.1) is 0 Å². The van der Waals surface area contributed by atoms with Crippen molar-refractivity contribution in [1.82, 2.24) is 10.1 Å². The van der Waals surface area contributed by atoms with Gasteiger partial charge in [0, 0.05) is 12.3 Å². The molecule has 2 unspecified atom stereocenters. The first-order valence-electron chi connectivity index (χ1n) is 6.19. The highest BCUT2D eigenvalue weighted by Crippen LogP contribution is 2.28. The van der Waals surface area contributed by atoms with Gasteiger partial charge in [0.1, 0.15) is 11.7 Å². The molecule has 0 aromatic carbocycles. The van der Waals surface area contributed by atoms with Crippen LogP contribution in [-0.2, 0) is 19.4 Å². The fourth-order valence-electron chi connectivity index (χ4n) is 2.40. The van der Waals surface area contributed by atoms with Gasteiger partial charge in [-0.05, 0) is 6.42 Å². The minimum absolute atomic E-state index is 0.0282. The van der Waals surface area contributed by atoms with Gasteiger partial charge in [-0.15, -0.1) is 0 Å². The van der Waals surface area contributed by atoms with Gasteiger partial charge >= 0.3 is 0 Å². The number of carbonyl (C=O) groups is 1. The minimum Gasteiger partial charge on any atom is -0.380 e. The number of ketones is 1. The van der Waals surface area contributed by atoms with E-state index < -0.39 is 15.8 Å². The van der Waals surface area contributed by atoms with Crippen LogP contribution >= 0.6 is 0 Å². The number of Topliss-reactive ketones (excluding diaryl/α,β-unsaturated/α-hetero) is 1. The highest BCUT2D eigenvalue weighted by Gasteiger charge is 2.35.